The first-order chi connectivity index (χ1) is 14.4. The number of nitrogens with one attached hydrogen (secondary N) is 2. The summed E-state index contributed by atoms with van der Waals surface area (Å²) < 4.78 is 43.4. The first-order valence-corrected chi connectivity index (χ1v) is 11.2. The van der Waals surface area contributed by atoms with Crippen molar-refractivity contribution in [2.45, 2.75) is 19.8 Å². The zero-order valence-corrected chi connectivity index (χ0v) is 17.6. The van der Waals surface area contributed by atoms with Crippen molar-refractivity contribution < 1.29 is 22.7 Å². The highest BCUT2D eigenvalue weighted by molar-refractivity contribution is 7.53. The van der Waals surface area contributed by atoms with E-state index in [0.29, 0.717) is 16.6 Å². The van der Waals surface area contributed by atoms with Gasteiger partial charge in [-0.3, -0.25) is 14.3 Å². The van der Waals surface area contributed by atoms with Gasteiger partial charge in [0.05, 0.1) is 19.8 Å². The van der Waals surface area contributed by atoms with Crippen molar-refractivity contribution in [1.29, 1.82) is 0 Å². The smallest absolute Gasteiger partial charge is 0.356 e. The lowest BCUT2D eigenvalue weighted by molar-refractivity contribution is 0.127. The van der Waals surface area contributed by atoms with Crippen molar-refractivity contribution in [2.24, 2.45) is 0 Å². The minimum atomic E-state index is -3.43. The summed E-state index contributed by atoms with van der Waals surface area (Å²) >= 11 is 0. The summed E-state index contributed by atoms with van der Waals surface area (Å²) in [7, 11) is -3.43. The molecule has 3 aromatic rings. The number of rotatable bonds is 10. The highest BCUT2D eigenvalue weighted by Crippen LogP contribution is 2.48. The molecular weight excluding hydrogens is 414 g/mol. The Balaban J connectivity index is 1.96. The van der Waals surface area contributed by atoms with Crippen molar-refractivity contribution >= 4 is 24.6 Å². The molecule has 0 fully saturated rings. The van der Waals surface area contributed by atoms with Crippen molar-refractivity contribution in [3.63, 3.8) is 0 Å². The van der Waals surface area contributed by atoms with Gasteiger partial charge in [-0.05, 0) is 25.5 Å². The standard InChI is InChI=1S/C19H24FN4O5P/c1-3-28-30(26,29-4-2)11-27-10-14(12-7-5-6-8-15(12)20)13-9-22-17-16(13)23-19(21)24-18(17)25/h5-9,14,22H,3-4,10-11H2,1-2H3,(H3,21,23,24,25)/t14-/m0/s1. The van der Waals surface area contributed by atoms with Gasteiger partial charge in [0.2, 0.25) is 5.95 Å². The van der Waals surface area contributed by atoms with Gasteiger partial charge in [0.1, 0.15) is 23.2 Å². The highest BCUT2D eigenvalue weighted by atomic mass is 31.2. The van der Waals surface area contributed by atoms with Gasteiger partial charge in [-0.1, -0.05) is 18.2 Å². The lowest BCUT2D eigenvalue weighted by atomic mass is 9.92. The minimum Gasteiger partial charge on any atom is -0.369 e. The van der Waals surface area contributed by atoms with Crippen LogP contribution in [0, 0.1) is 5.82 Å². The van der Waals surface area contributed by atoms with Gasteiger partial charge in [-0.15, -0.1) is 0 Å². The molecule has 0 spiro atoms. The predicted octanol–water partition coefficient (Wildman–Crippen LogP) is 3.34. The number of aromatic amines is 2. The Kier molecular flexibility index (Phi) is 7.04. The number of ether oxygens (including phenoxy) is 1. The second kappa shape index (κ2) is 9.53. The lowest BCUT2D eigenvalue weighted by Crippen LogP contribution is -2.15. The molecule has 11 heteroatoms. The topological polar surface area (TPSA) is 132 Å². The molecule has 0 bridgehead atoms. The van der Waals surface area contributed by atoms with E-state index in [1.54, 1.807) is 38.2 Å². The minimum absolute atomic E-state index is 0.0492. The van der Waals surface area contributed by atoms with Crippen LogP contribution in [-0.4, -0.2) is 41.1 Å². The van der Waals surface area contributed by atoms with E-state index in [1.165, 1.54) is 6.07 Å². The van der Waals surface area contributed by atoms with Gasteiger partial charge in [-0.2, -0.15) is 0 Å². The van der Waals surface area contributed by atoms with E-state index in [2.05, 4.69) is 15.0 Å². The van der Waals surface area contributed by atoms with Gasteiger partial charge in [0, 0.05) is 17.7 Å². The summed E-state index contributed by atoms with van der Waals surface area (Å²) in [6, 6.07) is 6.21. The van der Waals surface area contributed by atoms with Crippen molar-refractivity contribution in [3.8, 4) is 0 Å². The molecule has 0 radical (unpaired) electrons. The third kappa shape index (κ3) is 4.79. The van der Waals surface area contributed by atoms with Gasteiger partial charge >= 0.3 is 7.60 Å². The summed E-state index contributed by atoms with van der Waals surface area (Å²) in [5, 5.41) is 0. The second-order valence-electron chi connectivity index (χ2n) is 6.44. The Hall–Kier alpha value is -2.52. The first-order valence-electron chi connectivity index (χ1n) is 9.45. The van der Waals surface area contributed by atoms with Crippen LogP contribution < -0.4 is 11.3 Å². The first kappa shape index (κ1) is 22.2. The van der Waals surface area contributed by atoms with Crippen LogP contribution in [0.25, 0.3) is 11.0 Å². The molecule has 1 atom stereocenters. The molecular formula is C19H24FN4O5P. The fraction of sp³-hybridized carbons (Fsp3) is 0.368. The summed E-state index contributed by atoms with van der Waals surface area (Å²) in [6.07, 6.45) is 1.27. The van der Waals surface area contributed by atoms with E-state index >= 15 is 0 Å². The van der Waals surface area contributed by atoms with Crippen LogP contribution in [0.1, 0.15) is 30.9 Å². The van der Waals surface area contributed by atoms with Crippen molar-refractivity contribution in [3.05, 3.63) is 57.8 Å². The maximum absolute atomic E-state index is 14.6. The summed E-state index contributed by atoms with van der Waals surface area (Å²) in [5.41, 5.74) is 6.64. The third-order valence-electron chi connectivity index (χ3n) is 4.42. The number of H-pyrrole nitrogens is 2. The number of nitrogens with zero attached hydrogens (tertiary/aromatic N) is 1. The lowest BCUT2D eigenvalue weighted by Gasteiger charge is -2.21. The average molecular weight is 438 g/mol. The van der Waals surface area contributed by atoms with E-state index in [0.717, 1.165) is 0 Å². The molecule has 0 saturated heterocycles. The number of hydrogen-bond donors (Lipinski definition) is 3. The summed E-state index contributed by atoms with van der Waals surface area (Å²) in [6.45, 7) is 3.75. The number of hydrogen-bond acceptors (Lipinski definition) is 7. The van der Waals surface area contributed by atoms with E-state index in [4.69, 9.17) is 19.5 Å². The molecule has 3 rings (SSSR count). The Morgan fingerprint density at radius 1 is 1.20 bits per heavy atom. The van der Waals surface area contributed by atoms with Crippen molar-refractivity contribution in [1.82, 2.24) is 15.0 Å². The normalized spacial score (nSPS) is 13.0. The van der Waals surface area contributed by atoms with E-state index in [1.807, 2.05) is 0 Å². The summed E-state index contributed by atoms with van der Waals surface area (Å²) in [4.78, 5) is 21.6. The molecule has 30 heavy (non-hydrogen) atoms. The molecule has 0 aliphatic rings. The number of fused-ring (bicyclic) bond motifs is 1. The van der Waals surface area contributed by atoms with Crippen LogP contribution >= 0.6 is 7.60 Å². The van der Waals surface area contributed by atoms with Crippen LogP contribution in [0.3, 0.4) is 0 Å². The van der Waals surface area contributed by atoms with Gasteiger partial charge in [0.25, 0.3) is 5.56 Å². The predicted molar refractivity (Wildman–Crippen MR) is 111 cm³/mol. The molecule has 0 unspecified atom stereocenters. The highest BCUT2D eigenvalue weighted by Gasteiger charge is 2.27. The number of halogens is 1. The number of nitrogens with two attached hydrogens (primary N) is 1. The van der Waals surface area contributed by atoms with Gasteiger partial charge in [-0.25, -0.2) is 9.37 Å². The monoisotopic (exact) mass is 438 g/mol. The van der Waals surface area contributed by atoms with Crippen LogP contribution in [0.2, 0.25) is 0 Å². The molecule has 4 N–H and O–H groups in total. The van der Waals surface area contributed by atoms with Crippen LogP contribution in [-0.2, 0) is 18.3 Å². The Labute approximate surface area is 172 Å². The zero-order valence-electron chi connectivity index (χ0n) is 16.7. The van der Waals surface area contributed by atoms with E-state index < -0.39 is 24.9 Å². The molecule has 9 nitrogen and oxygen atoms in total. The number of aromatic nitrogens is 3. The quantitative estimate of drug-likeness (QED) is 0.414. The third-order valence-corrected chi connectivity index (χ3v) is 6.23. The van der Waals surface area contributed by atoms with Crippen LogP contribution in [0.4, 0.5) is 10.3 Å². The van der Waals surface area contributed by atoms with E-state index in [9.17, 15) is 13.8 Å². The fourth-order valence-corrected chi connectivity index (χ4v) is 4.55. The maximum atomic E-state index is 14.6. The van der Waals surface area contributed by atoms with E-state index in [-0.39, 0.29) is 37.6 Å². The Morgan fingerprint density at radius 2 is 1.90 bits per heavy atom. The number of anilines is 1. The SMILES string of the molecule is CCOP(=O)(COC[C@@H](c1ccccc1F)c1c[nH]c2c(=O)[nH]c(N)nc12)OCC. The molecule has 162 valence electrons. The second-order valence-corrected chi connectivity index (χ2v) is 8.44. The average Bonchev–Trinajstić information content (AvgIpc) is 3.10. The van der Waals surface area contributed by atoms with Crippen LogP contribution in [0.5, 0.6) is 0 Å². The molecule has 0 amide bonds. The van der Waals surface area contributed by atoms with Gasteiger partial charge < -0.3 is 24.5 Å². The maximum Gasteiger partial charge on any atom is 0.356 e. The fourth-order valence-electron chi connectivity index (χ4n) is 3.21. The summed E-state index contributed by atoms with van der Waals surface area (Å²) in [5.74, 6) is -1.15. The molecule has 2 aromatic heterocycles. The molecule has 2 heterocycles. The molecule has 1 aromatic carbocycles. The molecule has 0 aliphatic carbocycles. The zero-order chi connectivity index (χ0) is 21.7. The van der Waals surface area contributed by atoms with Crippen LogP contribution in [0.15, 0.2) is 35.3 Å². The Morgan fingerprint density at radius 3 is 2.57 bits per heavy atom. The van der Waals surface area contributed by atoms with Crippen molar-refractivity contribution in [2.75, 3.05) is 31.9 Å². The molecule has 0 saturated carbocycles. The molecule has 0 aliphatic heterocycles. The Bertz CT molecular complexity index is 1110. The van der Waals surface area contributed by atoms with Gasteiger partial charge in [0.15, 0.2) is 0 Å². The number of nitrogen functional groups attached to an aromatic ring is 1. The largest absolute Gasteiger partial charge is 0.369 e. The number of benzene rings is 1.